The summed E-state index contributed by atoms with van der Waals surface area (Å²) in [6.07, 6.45) is 3.14. The lowest BCUT2D eigenvalue weighted by atomic mass is 9.90. The van der Waals surface area contributed by atoms with Crippen LogP contribution in [0.3, 0.4) is 0 Å². The predicted molar refractivity (Wildman–Crippen MR) is 119 cm³/mol. The summed E-state index contributed by atoms with van der Waals surface area (Å²) >= 11 is 6.17. The minimum absolute atomic E-state index is 0.103. The number of rotatable bonds is 7. The Bertz CT molecular complexity index is 892. The summed E-state index contributed by atoms with van der Waals surface area (Å²) in [4.78, 5) is 15.2. The molecule has 2 aliphatic rings. The number of hydrogen-bond donors (Lipinski definition) is 1. The summed E-state index contributed by atoms with van der Waals surface area (Å²) in [5, 5.41) is 3.53. The van der Waals surface area contributed by atoms with E-state index in [9.17, 15) is 4.79 Å². The topological polar surface area (TPSA) is 50.8 Å². The molecule has 1 unspecified atom stereocenters. The number of amides is 1. The lowest BCUT2D eigenvalue weighted by Crippen LogP contribution is -2.35. The predicted octanol–water partition coefficient (Wildman–Crippen LogP) is 4.99. The summed E-state index contributed by atoms with van der Waals surface area (Å²) in [7, 11) is 1.58. The van der Waals surface area contributed by atoms with Crippen LogP contribution in [0.5, 0.6) is 11.5 Å². The molecule has 0 aromatic heterocycles. The van der Waals surface area contributed by atoms with Crippen LogP contribution in [0.2, 0.25) is 5.02 Å². The van der Waals surface area contributed by atoms with E-state index < -0.39 is 0 Å². The molecule has 1 amide bonds. The Kier molecular flexibility index (Phi) is 6.21. The van der Waals surface area contributed by atoms with Crippen LogP contribution in [0.25, 0.3) is 0 Å². The van der Waals surface area contributed by atoms with Crippen molar-refractivity contribution in [1.82, 2.24) is 4.90 Å². The van der Waals surface area contributed by atoms with Crippen molar-refractivity contribution in [3.63, 3.8) is 0 Å². The number of hydrogen-bond acceptors (Lipinski definition) is 4. The van der Waals surface area contributed by atoms with E-state index in [1.807, 2.05) is 25.1 Å². The van der Waals surface area contributed by atoms with Crippen molar-refractivity contribution < 1.29 is 14.3 Å². The quantitative estimate of drug-likeness (QED) is 0.675. The minimum atomic E-state index is 0.103. The van der Waals surface area contributed by atoms with Crippen LogP contribution in [0.1, 0.15) is 31.7 Å². The number of benzene rings is 2. The molecular weight excluding hydrogens is 400 g/mol. The molecule has 1 atom stereocenters. The molecule has 0 radical (unpaired) electrons. The Balaban J connectivity index is 1.27. The molecule has 2 fully saturated rings. The summed E-state index contributed by atoms with van der Waals surface area (Å²) < 4.78 is 10.7. The first-order chi connectivity index (χ1) is 14.5. The number of nitrogens with one attached hydrogen (secondary N) is 1. The fraction of sp³-hybridized carbons (Fsp3) is 0.458. The molecule has 2 aromatic rings. The van der Waals surface area contributed by atoms with E-state index in [1.165, 1.54) is 5.56 Å². The van der Waals surface area contributed by atoms with Gasteiger partial charge in [-0.1, -0.05) is 23.7 Å². The SMILES string of the molecule is CCOc1ccc(CN2CCC3(CC2)CC3C(=O)Nc2ccc(OC)c(Cl)c2)cc1. The van der Waals surface area contributed by atoms with E-state index in [2.05, 4.69) is 22.3 Å². The van der Waals surface area contributed by atoms with Crippen molar-refractivity contribution in [2.45, 2.75) is 32.7 Å². The van der Waals surface area contributed by atoms with Gasteiger partial charge in [0, 0.05) is 18.2 Å². The highest BCUT2D eigenvalue weighted by Gasteiger charge is 2.58. The van der Waals surface area contributed by atoms with Crippen LogP contribution in [-0.2, 0) is 11.3 Å². The molecule has 1 aliphatic heterocycles. The number of carbonyl (C=O) groups is 1. The van der Waals surface area contributed by atoms with E-state index in [4.69, 9.17) is 21.1 Å². The largest absolute Gasteiger partial charge is 0.495 e. The van der Waals surface area contributed by atoms with Crippen molar-refractivity contribution in [2.75, 3.05) is 32.1 Å². The van der Waals surface area contributed by atoms with Gasteiger partial charge in [-0.05, 0) is 80.6 Å². The first-order valence-electron chi connectivity index (χ1n) is 10.6. The fourth-order valence-electron chi connectivity index (χ4n) is 4.52. The van der Waals surface area contributed by atoms with Gasteiger partial charge in [-0.15, -0.1) is 0 Å². The van der Waals surface area contributed by atoms with Gasteiger partial charge in [0.25, 0.3) is 0 Å². The highest BCUT2D eigenvalue weighted by molar-refractivity contribution is 6.32. The van der Waals surface area contributed by atoms with Crippen LogP contribution in [0.4, 0.5) is 5.69 Å². The number of ether oxygens (including phenoxy) is 2. The van der Waals surface area contributed by atoms with E-state index >= 15 is 0 Å². The lowest BCUT2D eigenvalue weighted by molar-refractivity contribution is -0.118. The van der Waals surface area contributed by atoms with Crippen LogP contribution in [0, 0.1) is 11.3 Å². The van der Waals surface area contributed by atoms with Gasteiger partial charge in [0.1, 0.15) is 11.5 Å². The molecule has 0 bridgehead atoms. The maximum Gasteiger partial charge on any atom is 0.228 e. The second-order valence-corrected chi connectivity index (χ2v) is 8.72. The van der Waals surface area contributed by atoms with E-state index in [1.54, 1.807) is 19.2 Å². The second kappa shape index (κ2) is 8.86. The molecule has 6 heteroatoms. The summed E-state index contributed by atoms with van der Waals surface area (Å²) in [5.74, 6) is 1.74. The van der Waals surface area contributed by atoms with Crippen LogP contribution >= 0.6 is 11.6 Å². The van der Waals surface area contributed by atoms with E-state index in [0.717, 1.165) is 50.3 Å². The first-order valence-corrected chi connectivity index (χ1v) is 11.0. The Morgan fingerprint density at radius 1 is 1.20 bits per heavy atom. The van der Waals surface area contributed by atoms with Gasteiger partial charge in [0.15, 0.2) is 0 Å². The molecule has 1 spiro atoms. The number of methoxy groups -OCH3 is 1. The maximum atomic E-state index is 12.8. The zero-order valence-corrected chi connectivity index (χ0v) is 18.4. The average molecular weight is 429 g/mol. The molecule has 1 N–H and O–H groups in total. The molecule has 1 heterocycles. The van der Waals surface area contributed by atoms with Crippen molar-refractivity contribution in [1.29, 1.82) is 0 Å². The number of carbonyl (C=O) groups excluding carboxylic acids is 1. The number of piperidine rings is 1. The van der Waals surface area contributed by atoms with Gasteiger partial charge in [0.05, 0.1) is 18.7 Å². The van der Waals surface area contributed by atoms with Gasteiger partial charge in [-0.2, -0.15) is 0 Å². The number of anilines is 1. The lowest BCUT2D eigenvalue weighted by Gasteiger charge is -2.32. The first kappa shape index (κ1) is 21.0. The Morgan fingerprint density at radius 3 is 2.57 bits per heavy atom. The van der Waals surface area contributed by atoms with Gasteiger partial charge in [-0.25, -0.2) is 0 Å². The third kappa shape index (κ3) is 4.57. The van der Waals surface area contributed by atoms with Crippen LogP contribution in [-0.4, -0.2) is 37.6 Å². The average Bonchev–Trinajstić information content (AvgIpc) is 3.45. The maximum absolute atomic E-state index is 12.8. The highest BCUT2D eigenvalue weighted by atomic mass is 35.5. The van der Waals surface area contributed by atoms with Gasteiger partial charge >= 0.3 is 0 Å². The molecule has 1 saturated heterocycles. The molecule has 5 nitrogen and oxygen atoms in total. The molecule has 1 aliphatic carbocycles. The Hall–Kier alpha value is -2.24. The van der Waals surface area contributed by atoms with E-state index in [0.29, 0.717) is 17.4 Å². The smallest absolute Gasteiger partial charge is 0.228 e. The Morgan fingerprint density at radius 2 is 1.93 bits per heavy atom. The Labute approximate surface area is 183 Å². The molecule has 2 aromatic carbocycles. The van der Waals surface area contributed by atoms with Gasteiger partial charge in [-0.3, -0.25) is 9.69 Å². The summed E-state index contributed by atoms with van der Waals surface area (Å²) in [5.41, 5.74) is 2.20. The number of likely N-dealkylation sites (tertiary alicyclic amines) is 1. The third-order valence-corrected chi connectivity index (χ3v) is 6.71. The van der Waals surface area contributed by atoms with E-state index in [-0.39, 0.29) is 17.2 Å². The highest BCUT2D eigenvalue weighted by Crippen LogP contribution is 2.59. The van der Waals surface area contributed by atoms with Crippen LogP contribution < -0.4 is 14.8 Å². The number of halogens is 1. The second-order valence-electron chi connectivity index (χ2n) is 8.31. The monoisotopic (exact) mass is 428 g/mol. The zero-order valence-electron chi connectivity index (χ0n) is 17.6. The van der Waals surface area contributed by atoms with Crippen molar-refractivity contribution in [3.8, 4) is 11.5 Å². The van der Waals surface area contributed by atoms with Crippen molar-refractivity contribution >= 4 is 23.2 Å². The molecule has 4 rings (SSSR count). The summed E-state index contributed by atoms with van der Waals surface area (Å²) in [6, 6.07) is 13.7. The normalized spacial score (nSPS) is 20.0. The van der Waals surface area contributed by atoms with Gasteiger partial charge < -0.3 is 14.8 Å². The van der Waals surface area contributed by atoms with Crippen molar-refractivity contribution in [2.24, 2.45) is 11.3 Å². The molecule has 160 valence electrons. The fourth-order valence-corrected chi connectivity index (χ4v) is 4.77. The van der Waals surface area contributed by atoms with Crippen molar-refractivity contribution in [3.05, 3.63) is 53.1 Å². The molecular formula is C24H29ClN2O3. The minimum Gasteiger partial charge on any atom is -0.495 e. The molecule has 1 saturated carbocycles. The van der Waals surface area contributed by atoms with Gasteiger partial charge in [0.2, 0.25) is 5.91 Å². The standard InChI is InChI=1S/C24H29ClN2O3/c1-3-30-19-7-4-17(5-8-19)16-27-12-10-24(11-13-27)15-20(24)23(28)26-18-6-9-22(29-2)21(25)14-18/h4-9,14,20H,3,10-13,15-16H2,1-2H3,(H,26,28). The number of nitrogens with zero attached hydrogens (tertiary/aromatic N) is 1. The van der Waals surface area contributed by atoms with Crippen LogP contribution in [0.15, 0.2) is 42.5 Å². The zero-order chi connectivity index (χ0) is 21.1. The summed E-state index contributed by atoms with van der Waals surface area (Å²) in [6.45, 7) is 5.70. The third-order valence-electron chi connectivity index (χ3n) is 6.42. The molecule has 30 heavy (non-hydrogen) atoms.